The van der Waals surface area contributed by atoms with E-state index in [1.165, 1.54) is 0 Å². The molecule has 0 radical (unpaired) electrons. The standard InChI is InChI=1S/C41H68O13/c1-36(2)13-15-41(35(49)50)16-14-39(5)21(22(41)17-36)7-8-26-37(3)11-10-27(38(4,20-43)25(37)9-12-40(26,39)6)53-34-32(28(45)23(44)19-51-34)54-33-31(48)30(47)29(46)24(18-42)52-33/h21-34,42-48H,7-20H2,1-6H3,(H,49,50)/t21-,22-,23+,24-,25-,26-,27+,28+,29-,30+,31-,32-,33+,34+,37+,38+,39-,40-,41+/m1/s1. The first kappa shape index (κ1) is 41.2. The fraction of sp³-hybridized carbons (Fsp3) is 0.976. The molecular formula is C41H68O13. The van der Waals surface area contributed by atoms with Gasteiger partial charge >= 0.3 is 5.97 Å². The largest absolute Gasteiger partial charge is 0.481 e. The molecule has 7 aliphatic rings. The number of aliphatic hydroxyl groups excluding tert-OH is 7. The van der Waals surface area contributed by atoms with Gasteiger partial charge < -0.3 is 59.8 Å². The average molecular weight is 769 g/mol. The summed E-state index contributed by atoms with van der Waals surface area (Å²) in [4.78, 5) is 13.1. The Morgan fingerprint density at radius 1 is 0.704 bits per heavy atom. The first-order valence-electron chi connectivity index (χ1n) is 20.7. The van der Waals surface area contributed by atoms with E-state index in [1.54, 1.807) is 0 Å². The molecule has 7 rings (SSSR count). The molecule has 0 aromatic carbocycles. The van der Waals surface area contributed by atoms with Crippen LogP contribution in [0.25, 0.3) is 0 Å². The Bertz CT molecular complexity index is 1390. The van der Waals surface area contributed by atoms with Gasteiger partial charge in [-0.2, -0.15) is 0 Å². The van der Waals surface area contributed by atoms with Gasteiger partial charge in [0.2, 0.25) is 0 Å². The number of carboxylic acids is 1. The molecule has 0 spiro atoms. The zero-order valence-corrected chi connectivity index (χ0v) is 33.1. The minimum atomic E-state index is -1.73. The third kappa shape index (κ3) is 5.99. The molecule has 0 unspecified atom stereocenters. The molecule has 0 aromatic heterocycles. The average Bonchev–Trinajstić information content (AvgIpc) is 3.12. The van der Waals surface area contributed by atoms with Gasteiger partial charge in [-0.3, -0.25) is 4.79 Å². The smallest absolute Gasteiger partial charge is 0.309 e. The predicted molar refractivity (Wildman–Crippen MR) is 193 cm³/mol. The van der Waals surface area contributed by atoms with E-state index in [9.17, 15) is 45.6 Å². The number of carbonyl (C=O) groups is 1. The Kier molecular flexibility index (Phi) is 10.8. The molecule has 13 heteroatoms. The van der Waals surface area contributed by atoms with Crippen molar-refractivity contribution in [3.8, 4) is 0 Å². The van der Waals surface area contributed by atoms with E-state index in [2.05, 4.69) is 41.5 Å². The highest BCUT2D eigenvalue weighted by Crippen LogP contribution is 2.77. The van der Waals surface area contributed by atoms with Crippen LogP contribution in [0.1, 0.15) is 112 Å². The maximum Gasteiger partial charge on any atom is 0.309 e. The molecule has 13 nitrogen and oxygen atoms in total. The number of ether oxygens (including phenoxy) is 4. The van der Waals surface area contributed by atoms with Gasteiger partial charge in [-0.25, -0.2) is 0 Å². The molecule has 0 aromatic rings. The van der Waals surface area contributed by atoms with Crippen LogP contribution in [0.3, 0.4) is 0 Å². The van der Waals surface area contributed by atoms with Crippen LogP contribution >= 0.6 is 0 Å². The lowest BCUT2D eigenvalue weighted by Gasteiger charge is -2.73. The van der Waals surface area contributed by atoms with Gasteiger partial charge in [0.25, 0.3) is 0 Å². The monoisotopic (exact) mass is 768 g/mol. The summed E-state index contributed by atoms with van der Waals surface area (Å²) in [6, 6.07) is 0. The van der Waals surface area contributed by atoms with Gasteiger partial charge in [0.15, 0.2) is 12.6 Å². The number of hydrogen-bond acceptors (Lipinski definition) is 12. The lowest BCUT2D eigenvalue weighted by molar-refractivity contribution is -0.368. The molecule has 19 atom stereocenters. The van der Waals surface area contributed by atoms with Crippen molar-refractivity contribution in [2.45, 2.75) is 174 Å². The summed E-state index contributed by atoms with van der Waals surface area (Å²) in [5.74, 6) is 0.366. The van der Waals surface area contributed by atoms with Gasteiger partial charge in [-0.15, -0.1) is 0 Å². The summed E-state index contributed by atoms with van der Waals surface area (Å²) in [6.45, 7) is 13.0. The highest BCUT2D eigenvalue weighted by atomic mass is 16.8. The Morgan fingerprint density at radius 2 is 1.41 bits per heavy atom. The van der Waals surface area contributed by atoms with Crippen molar-refractivity contribution >= 4 is 5.97 Å². The second-order valence-electron chi connectivity index (χ2n) is 20.5. The normalized spacial score (nSPS) is 55.8. The van der Waals surface area contributed by atoms with E-state index in [0.717, 1.165) is 64.2 Å². The topological polar surface area (TPSA) is 216 Å². The molecule has 2 aliphatic heterocycles. The summed E-state index contributed by atoms with van der Waals surface area (Å²) in [5, 5.41) is 84.7. The highest BCUT2D eigenvalue weighted by Gasteiger charge is 2.71. The fourth-order valence-electron chi connectivity index (χ4n) is 14.2. The van der Waals surface area contributed by atoms with E-state index >= 15 is 0 Å². The van der Waals surface area contributed by atoms with Crippen LogP contribution in [0.5, 0.6) is 0 Å². The third-order valence-corrected chi connectivity index (χ3v) is 17.6. The molecule has 5 aliphatic carbocycles. The van der Waals surface area contributed by atoms with Crippen LogP contribution in [0.4, 0.5) is 0 Å². The van der Waals surface area contributed by atoms with Crippen molar-refractivity contribution in [1.82, 2.24) is 0 Å². The molecule has 0 amide bonds. The lowest BCUT2D eigenvalue weighted by atomic mass is 9.31. The second-order valence-corrected chi connectivity index (χ2v) is 20.5. The Morgan fingerprint density at radius 3 is 2.07 bits per heavy atom. The fourth-order valence-corrected chi connectivity index (χ4v) is 14.2. The van der Waals surface area contributed by atoms with Crippen LogP contribution in [0.15, 0.2) is 0 Å². The molecule has 8 N–H and O–H groups in total. The van der Waals surface area contributed by atoms with Crippen LogP contribution in [-0.4, -0.2) is 128 Å². The number of fused-ring (bicyclic) bond motifs is 7. The van der Waals surface area contributed by atoms with Crippen molar-refractivity contribution < 1.29 is 64.6 Å². The molecular weight excluding hydrogens is 700 g/mol. The van der Waals surface area contributed by atoms with E-state index in [-0.39, 0.29) is 46.7 Å². The summed E-state index contributed by atoms with van der Waals surface area (Å²) < 4.78 is 24.1. The summed E-state index contributed by atoms with van der Waals surface area (Å²) in [5.41, 5.74) is -1.35. The van der Waals surface area contributed by atoms with E-state index < -0.39 is 84.8 Å². The van der Waals surface area contributed by atoms with E-state index in [0.29, 0.717) is 18.3 Å². The van der Waals surface area contributed by atoms with Crippen molar-refractivity contribution in [1.29, 1.82) is 0 Å². The molecule has 310 valence electrons. The predicted octanol–water partition coefficient (Wildman–Crippen LogP) is 2.57. The quantitative estimate of drug-likeness (QED) is 0.175. The van der Waals surface area contributed by atoms with Crippen LogP contribution in [0.2, 0.25) is 0 Å². The minimum Gasteiger partial charge on any atom is -0.481 e. The molecule has 7 fully saturated rings. The number of aliphatic hydroxyl groups is 7. The Balaban J connectivity index is 1.13. The van der Waals surface area contributed by atoms with Crippen LogP contribution in [-0.2, 0) is 23.7 Å². The van der Waals surface area contributed by atoms with Crippen molar-refractivity contribution in [3.63, 3.8) is 0 Å². The molecule has 2 heterocycles. The van der Waals surface area contributed by atoms with Gasteiger partial charge in [-0.05, 0) is 116 Å². The molecule has 2 saturated heterocycles. The summed E-state index contributed by atoms with van der Waals surface area (Å²) >= 11 is 0. The molecule has 5 saturated carbocycles. The SMILES string of the molecule is CC1(C)CC[C@]2(C(=O)O)CC[C@]3(C)[C@H](CC[C@@H]4[C@@]5(C)CC[C@H](O[C@@H]6OC[C@H](O)[C@H](O)[C@H]6O[C@@H]6O[C@H](CO)[C@@H](O)[C@H](O)[C@H]6O)[C@@](C)(CO)[C@@H]5CC[C@]43C)[C@H]2C1. The Hall–Kier alpha value is -0.970. The maximum absolute atomic E-state index is 13.1. The minimum absolute atomic E-state index is 0.00541. The number of rotatable bonds is 7. The van der Waals surface area contributed by atoms with Crippen LogP contribution < -0.4 is 0 Å². The van der Waals surface area contributed by atoms with E-state index in [1.807, 2.05) is 0 Å². The zero-order chi connectivity index (χ0) is 39.4. The zero-order valence-electron chi connectivity index (χ0n) is 33.1. The van der Waals surface area contributed by atoms with Gasteiger partial charge in [0.05, 0.1) is 31.3 Å². The first-order chi connectivity index (χ1) is 25.2. The lowest BCUT2D eigenvalue weighted by Crippen LogP contribution is -2.69. The van der Waals surface area contributed by atoms with Gasteiger partial charge in [-0.1, -0.05) is 41.5 Å². The van der Waals surface area contributed by atoms with Gasteiger partial charge in [0, 0.05) is 5.41 Å². The Labute approximate surface area is 319 Å². The number of aliphatic carboxylic acids is 1. The van der Waals surface area contributed by atoms with E-state index in [4.69, 9.17) is 18.9 Å². The maximum atomic E-state index is 13.1. The summed E-state index contributed by atoms with van der Waals surface area (Å²) in [7, 11) is 0. The third-order valence-electron chi connectivity index (χ3n) is 17.6. The van der Waals surface area contributed by atoms with Crippen LogP contribution in [0, 0.1) is 56.2 Å². The first-order valence-corrected chi connectivity index (χ1v) is 20.7. The second kappa shape index (κ2) is 14.1. The number of hydrogen-bond donors (Lipinski definition) is 8. The molecule has 54 heavy (non-hydrogen) atoms. The highest BCUT2D eigenvalue weighted by molar-refractivity contribution is 5.75. The number of carboxylic acid groups (broad SMARTS) is 1. The summed E-state index contributed by atoms with van der Waals surface area (Å²) in [6.07, 6.45) is -4.15. The molecule has 0 bridgehead atoms. The van der Waals surface area contributed by atoms with Crippen molar-refractivity contribution in [2.24, 2.45) is 56.2 Å². The van der Waals surface area contributed by atoms with Gasteiger partial charge in [0.1, 0.15) is 42.7 Å². The van der Waals surface area contributed by atoms with Crippen molar-refractivity contribution in [3.05, 3.63) is 0 Å². The van der Waals surface area contributed by atoms with Crippen molar-refractivity contribution in [2.75, 3.05) is 19.8 Å².